The van der Waals surface area contributed by atoms with E-state index in [-0.39, 0.29) is 12.3 Å². The number of hydrogen-bond donors (Lipinski definition) is 2. The molecule has 0 amide bonds. The lowest BCUT2D eigenvalue weighted by atomic mass is 10.1. The first-order valence-electron chi connectivity index (χ1n) is 7.09. The Morgan fingerprint density at radius 3 is 2.00 bits per heavy atom. The quantitative estimate of drug-likeness (QED) is 0.568. The zero-order valence-corrected chi connectivity index (χ0v) is 12.8. The van der Waals surface area contributed by atoms with Crippen LogP contribution in [-0.2, 0) is 19.1 Å². The lowest BCUT2D eigenvalue weighted by molar-refractivity contribution is -0.144. The number of carboxylic acid groups (broad SMARTS) is 2. The van der Waals surface area contributed by atoms with Gasteiger partial charge in [0.15, 0.2) is 0 Å². The summed E-state index contributed by atoms with van der Waals surface area (Å²) in [5.74, 6) is -1.83. The van der Waals surface area contributed by atoms with E-state index in [2.05, 4.69) is 0 Å². The maximum Gasteiger partial charge on any atom is 0.308 e. The molecule has 120 valence electrons. The van der Waals surface area contributed by atoms with Crippen LogP contribution in [0.3, 0.4) is 0 Å². The molecule has 0 aromatic heterocycles. The van der Waals surface area contributed by atoms with Gasteiger partial charge in [-0.15, -0.1) is 0 Å². The van der Waals surface area contributed by atoms with Gasteiger partial charge in [0, 0.05) is 26.2 Å². The fourth-order valence-electron chi connectivity index (χ4n) is 1.25. The van der Waals surface area contributed by atoms with Gasteiger partial charge in [0.05, 0.1) is 12.5 Å². The Labute approximate surface area is 121 Å². The Morgan fingerprint density at radius 2 is 1.60 bits per heavy atom. The Morgan fingerprint density at radius 1 is 1.00 bits per heavy atom. The molecule has 0 rings (SSSR count). The monoisotopic (exact) mass is 292 g/mol. The van der Waals surface area contributed by atoms with E-state index in [1.807, 2.05) is 20.8 Å². The SMILES string of the molecule is CCOCC(CC)C(=O)O.CCOCCCCC(=O)O. The third kappa shape index (κ3) is 16.9. The van der Waals surface area contributed by atoms with E-state index in [9.17, 15) is 9.59 Å². The van der Waals surface area contributed by atoms with E-state index in [0.717, 1.165) is 12.8 Å². The van der Waals surface area contributed by atoms with Gasteiger partial charge in [0.1, 0.15) is 0 Å². The Bertz CT molecular complexity index is 242. The van der Waals surface area contributed by atoms with Crippen molar-refractivity contribution in [3.05, 3.63) is 0 Å². The van der Waals surface area contributed by atoms with Crippen LogP contribution in [0.2, 0.25) is 0 Å². The van der Waals surface area contributed by atoms with Crippen LogP contribution in [0.5, 0.6) is 0 Å². The highest BCUT2D eigenvalue weighted by atomic mass is 16.5. The first-order chi connectivity index (χ1) is 9.49. The Kier molecular flexibility index (Phi) is 16.8. The lowest BCUT2D eigenvalue weighted by Gasteiger charge is -2.07. The number of carboxylic acids is 2. The molecule has 0 saturated carbocycles. The zero-order valence-electron chi connectivity index (χ0n) is 12.8. The molecule has 0 aliphatic rings. The summed E-state index contributed by atoms with van der Waals surface area (Å²) in [4.78, 5) is 20.3. The van der Waals surface area contributed by atoms with Crippen molar-refractivity contribution >= 4 is 11.9 Å². The number of hydrogen-bond acceptors (Lipinski definition) is 4. The molecular formula is C14H28O6. The number of ether oxygens (including phenoxy) is 2. The van der Waals surface area contributed by atoms with Crippen LogP contribution in [-0.4, -0.2) is 48.6 Å². The summed E-state index contributed by atoms with van der Waals surface area (Å²) in [6.07, 6.45) is 2.46. The molecule has 6 nitrogen and oxygen atoms in total. The van der Waals surface area contributed by atoms with E-state index < -0.39 is 11.9 Å². The van der Waals surface area contributed by atoms with Gasteiger partial charge >= 0.3 is 11.9 Å². The van der Waals surface area contributed by atoms with Crippen molar-refractivity contribution in [2.75, 3.05) is 26.4 Å². The van der Waals surface area contributed by atoms with E-state index in [0.29, 0.717) is 32.8 Å². The molecule has 0 aliphatic heterocycles. The topological polar surface area (TPSA) is 93.1 Å². The molecule has 1 atom stereocenters. The van der Waals surface area contributed by atoms with Gasteiger partial charge in [-0.05, 0) is 33.1 Å². The molecule has 6 heteroatoms. The summed E-state index contributed by atoms with van der Waals surface area (Å²) in [5.41, 5.74) is 0. The second kappa shape index (κ2) is 15.9. The van der Waals surface area contributed by atoms with Crippen molar-refractivity contribution in [2.24, 2.45) is 5.92 Å². The Hall–Kier alpha value is -1.14. The van der Waals surface area contributed by atoms with Crippen LogP contribution in [0.1, 0.15) is 46.5 Å². The highest BCUT2D eigenvalue weighted by molar-refractivity contribution is 5.69. The van der Waals surface area contributed by atoms with Crippen molar-refractivity contribution in [3.8, 4) is 0 Å². The molecule has 0 spiro atoms. The van der Waals surface area contributed by atoms with Crippen LogP contribution >= 0.6 is 0 Å². The van der Waals surface area contributed by atoms with Crippen molar-refractivity contribution in [3.63, 3.8) is 0 Å². The summed E-state index contributed by atoms with van der Waals surface area (Å²) in [6.45, 7) is 7.95. The molecule has 0 aliphatic carbocycles. The number of rotatable bonds is 11. The normalized spacial score (nSPS) is 11.3. The average molecular weight is 292 g/mol. The summed E-state index contributed by atoms with van der Waals surface area (Å²) in [5, 5.41) is 16.7. The van der Waals surface area contributed by atoms with Gasteiger partial charge in [-0.3, -0.25) is 9.59 Å². The Balaban J connectivity index is 0. The van der Waals surface area contributed by atoms with Crippen LogP contribution in [0.25, 0.3) is 0 Å². The summed E-state index contributed by atoms with van der Waals surface area (Å²) in [6, 6.07) is 0. The molecule has 0 saturated heterocycles. The van der Waals surface area contributed by atoms with Crippen LogP contribution in [0.4, 0.5) is 0 Å². The molecule has 0 radical (unpaired) electrons. The molecule has 2 N–H and O–H groups in total. The molecule has 0 aromatic rings. The molecule has 0 bridgehead atoms. The van der Waals surface area contributed by atoms with Gasteiger partial charge in [0.25, 0.3) is 0 Å². The second-order valence-corrected chi connectivity index (χ2v) is 4.15. The molecule has 20 heavy (non-hydrogen) atoms. The first kappa shape index (κ1) is 21.2. The van der Waals surface area contributed by atoms with E-state index in [1.165, 1.54) is 0 Å². The van der Waals surface area contributed by atoms with Crippen molar-refractivity contribution in [2.45, 2.75) is 46.5 Å². The summed E-state index contributed by atoms with van der Waals surface area (Å²) in [7, 11) is 0. The van der Waals surface area contributed by atoms with Crippen molar-refractivity contribution in [1.82, 2.24) is 0 Å². The smallest absolute Gasteiger partial charge is 0.308 e. The maximum absolute atomic E-state index is 10.4. The minimum Gasteiger partial charge on any atom is -0.481 e. The minimum atomic E-state index is -0.768. The standard InChI is InChI=1S/2C7H14O3/c1-3-6(7(8)9)5-10-4-2;1-2-10-6-4-3-5-7(8)9/h6H,3-5H2,1-2H3,(H,8,9);2-6H2,1H3,(H,8,9). The molecular weight excluding hydrogens is 264 g/mol. The average Bonchev–Trinajstić information content (AvgIpc) is 2.39. The minimum absolute atomic E-state index is 0.257. The van der Waals surface area contributed by atoms with Gasteiger partial charge < -0.3 is 19.7 Å². The fraction of sp³-hybridized carbons (Fsp3) is 0.857. The van der Waals surface area contributed by atoms with Crippen molar-refractivity contribution in [1.29, 1.82) is 0 Å². The predicted molar refractivity (Wildman–Crippen MR) is 75.9 cm³/mol. The largest absolute Gasteiger partial charge is 0.481 e. The zero-order chi connectivity index (χ0) is 15.8. The number of aliphatic carboxylic acids is 2. The van der Waals surface area contributed by atoms with Crippen molar-refractivity contribution < 1.29 is 29.3 Å². The third-order valence-corrected chi connectivity index (χ3v) is 2.50. The lowest BCUT2D eigenvalue weighted by Crippen LogP contribution is -2.18. The van der Waals surface area contributed by atoms with Gasteiger partial charge in [-0.25, -0.2) is 0 Å². The highest BCUT2D eigenvalue weighted by Gasteiger charge is 2.13. The van der Waals surface area contributed by atoms with Crippen LogP contribution in [0.15, 0.2) is 0 Å². The van der Waals surface area contributed by atoms with Gasteiger partial charge in [0.2, 0.25) is 0 Å². The summed E-state index contributed by atoms with van der Waals surface area (Å²) < 4.78 is 9.99. The number of unbranched alkanes of at least 4 members (excludes halogenated alkanes) is 1. The fourth-order valence-corrected chi connectivity index (χ4v) is 1.25. The second-order valence-electron chi connectivity index (χ2n) is 4.15. The van der Waals surface area contributed by atoms with E-state index in [4.69, 9.17) is 19.7 Å². The van der Waals surface area contributed by atoms with Crippen LogP contribution < -0.4 is 0 Å². The van der Waals surface area contributed by atoms with Crippen LogP contribution in [0, 0.1) is 5.92 Å². The molecule has 1 unspecified atom stereocenters. The highest BCUT2D eigenvalue weighted by Crippen LogP contribution is 2.02. The van der Waals surface area contributed by atoms with Gasteiger partial charge in [-0.1, -0.05) is 6.92 Å². The summed E-state index contributed by atoms with van der Waals surface area (Å²) >= 11 is 0. The molecule has 0 aromatic carbocycles. The van der Waals surface area contributed by atoms with E-state index >= 15 is 0 Å². The number of carbonyl (C=O) groups is 2. The third-order valence-electron chi connectivity index (χ3n) is 2.50. The van der Waals surface area contributed by atoms with Gasteiger partial charge in [-0.2, -0.15) is 0 Å². The van der Waals surface area contributed by atoms with E-state index in [1.54, 1.807) is 0 Å². The predicted octanol–water partition coefficient (Wildman–Crippen LogP) is 2.41. The maximum atomic E-state index is 10.4. The molecule has 0 heterocycles. The first-order valence-corrected chi connectivity index (χ1v) is 7.09. The molecule has 0 fully saturated rings.